The number of hydrogen-bond donors (Lipinski definition) is 2. The van der Waals surface area contributed by atoms with E-state index in [9.17, 15) is 23.1 Å². The SMILES string of the molecule is Cc1noc(C)c1S(=O)(=O)N(C)C[C@@H]1Oc2ccc(NC(=O)Cn3cnnn3)cc2CC(=O)N([C@@H](C)CO)C[C@@H]1C. The summed E-state index contributed by atoms with van der Waals surface area (Å²) in [6.07, 6.45) is 0.592. The van der Waals surface area contributed by atoms with Gasteiger partial charge >= 0.3 is 0 Å². The van der Waals surface area contributed by atoms with Gasteiger partial charge in [0.15, 0.2) is 5.76 Å². The summed E-state index contributed by atoms with van der Waals surface area (Å²) in [5.74, 6) is -0.364. The molecule has 0 fully saturated rings. The van der Waals surface area contributed by atoms with Gasteiger partial charge in [0.2, 0.25) is 21.8 Å². The van der Waals surface area contributed by atoms with Gasteiger partial charge in [-0.25, -0.2) is 13.1 Å². The van der Waals surface area contributed by atoms with Gasteiger partial charge in [0.25, 0.3) is 0 Å². The van der Waals surface area contributed by atoms with E-state index in [0.29, 0.717) is 17.0 Å². The molecule has 0 saturated heterocycles. The van der Waals surface area contributed by atoms with Crippen LogP contribution in [0.3, 0.4) is 0 Å². The van der Waals surface area contributed by atoms with Crippen molar-refractivity contribution in [2.75, 3.05) is 32.1 Å². The van der Waals surface area contributed by atoms with Crippen LogP contribution in [0.2, 0.25) is 0 Å². The Labute approximate surface area is 237 Å². The summed E-state index contributed by atoms with van der Waals surface area (Å²) >= 11 is 0. The van der Waals surface area contributed by atoms with E-state index >= 15 is 0 Å². The molecule has 1 aliphatic heterocycles. The average Bonchev–Trinajstić information content (AvgIpc) is 3.56. The summed E-state index contributed by atoms with van der Waals surface area (Å²) < 4.78 is 40.8. The first-order chi connectivity index (χ1) is 19.4. The molecule has 3 atom stereocenters. The lowest BCUT2D eigenvalue weighted by Crippen LogP contribution is -2.48. The number of amides is 2. The van der Waals surface area contributed by atoms with Crippen molar-refractivity contribution < 1.29 is 32.4 Å². The number of carbonyl (C=O) groups excluding carboxylic acids is 2. The summed E-state index contributed by atoms with van der Waals surface area (Å²) in [4.78, 5) is 27.5. The van der Waals surface area contributed by atoms with Gasteiger partial charge in [-0.15, -0.1) is 5.10 Å². The minimum atomic E-state index is -3.96. The minimum Gasteiger partial charge on any atom is -0.488 e. The van der Waals surface area contributed by atoms with Crippen LogP contribution in [0.25, 0.3) is 0 Å². The van der Waals surface area contributed by atoms with Crippen LogP contribution in [-0.4, -0.2) is 98.8 Å². The number of aromatic nitrogens is 5. The maximum absolute atomic E-state index is 13.4. The Bertz CT molecular complexity index is 1470. The second-order valence-corrected chi connectivity index (χ2v) is 12.2. The van der Waals surface area contributed by atoms with E-state index in [1.54, 1.807) is 36.9 Å². The van der Waals surface area contributed by atoms with Crippen LogP contribution in [0.4, 0.5) is 5.69 Å². The highest BCUT2D eigenvalue weighted by molar-refractivity contribution is 7.89. The maximum Gasteiger partial charge on any atom is 0.248 e. The lowest BCUT2D eigenvalue weighted by molar-refractivity contribution is -0.134. The highest BCUT2D eigenvalue weighted by atomic mass is 32.2. The Morgan fingerprint density at radius 1 is 1.32 bits per heavy atom. The van der Waals surface area contributed by atoms with Crippen molar-refractivity contribution in [3.8, 4) is 5.75 Å². The molecule has 0 radical (unpaired) electrons. The Hall–Kier alpha value is -3.89. The number of anilines is 1. The molecule has 2 aromatic heterocycles. The zero-order valence-corrected chi connectivity index (χ0v) is 24.3. The van der Waals surface area contributed by atoms with Crippen LogP contribution in [0.5, 0.6) is 5.75 Å². The van der Waals surface area contributed by atoms with Crippen molar-refractivity contribution in [2.24, 2.45) is 5.92 Å². The number of aryl methyl sites for hydroxylation is 2. The molecule has 1 aromatic carbocycles. The highest BCUT2D eigenvalue weighted by Gasteiger charge is 2.35. The van der Waals surface area contributed by atoms with Crippen molar-refractivity contribution >= 4 is 27.5 Å². The fourth-order valence-electron chi connectivity index (χ4n) is 4.68. The third-order valence-electron chi connectivity index (χ3n) is 6.97. The fourth-order valence-corrected chi connectivity index (χ4v) is 6.14. The molecule has 0 bridgehead atoms. The summed E-state index contributed by atoms with van der Waals surface area (Å²) in [5, 5.41) is 27.1. The van der Waals surface area contributed by atoms with Gasteiger partial charge in [-0.3, -0.25) is 9.59 Å². The van der Waals surface area contributed by atoms with Crippen molar-refractivity contribution in [1.29, 1.82) is 0 Å². The number of tetrazole rings is 1. The van der Waals surface area contributed by atoms with E-state index in [4.69, 9.17) is 9.26 Å². The van der Waals surface area contributed by atoms with Crippen LogP contribution in [-0.2, 0) is 32.6 Å². The van der Waals surface area contributed by atoms with Crippen molar-refractivity contribution in [3.63, 3.8) is 0 Å². The number of ether oxygens (including phenoxy) is 1. The smallest absolute Gasteiger partial charge is 0.248 e. The first kappa shape index (κ1) is 30.1. The number of sulfonamides is 1. The normalized spacial score (nSPS) is 18.7. The van der Waals surface area contributed by atoms with Crippen LogP contribution < -0.4 is 10.1 Å². The van der Waals surface area contributed by atoms with Gasteiger partial charge in [0.1, 0.15) is 35.3 Å². The van der Waals surface area contributed by atoms with E-state index in [1.165, 1.54) is 29.3 Å². The number of nitrogens with one attached hydrogen (secondary N) is 1. The quantitative estimate of drug-likeness (QED) is 0.351. The highest BCUT2D eigenvalue weighted by Crippen LogP contribution is 2.30. The van der Waals surface area contributed by atoms with E-state index < -0.39 is 22.2 Å². The zero-order valence-electron chi connectivity index (χ0n) is 23.5. The Morgan fingerprint density at radius 3 is 2.71 bits per heavy atom. The monoisotopic (exact) mass is 590 g/mol. The van der Waals surface area contributed by atoms with Crippen LogP contribution in [0.1, 0.15) is 30.9 Å². The Balaban J connectivity index is 1.64. The topological polar surface area (TPSA) is 186 Å². The van der Waals surface area contributed by atoms with E-state index in [2.05, 4.69) is 26.0 Å². The second kappa shape index (κ2) is 12.3. The van der Waals surface area contributed by atoms with Gasteiger partial charge < -0.3 is 24.6 Å². The van der Waals surface area contributed by atoms with E-state index in [1.807, 2.05) is 6.92 Å². The molecule has 16 heteroatoms. The molecule has 41 heavy (non-hydrogen) atoms. The molecular weight excluding hydrogens is 556 g/mol. The zero-order chi connectivity index (χ0) is 29.9. The molecule has 222 valence electrons. The van der Waals surface area contributed by atoms with Gasteiger partial charge in [0.05, 0.1) is 25.6 Å². The number of benzene rings is 1. The number of hydrogen-bond acceptors (Lipinski definition) is 11. The van der Waals surface area contributed by atoms with Crippen molar-refractivity contribution in [1.82, 2.24) is 34.6 Å². The van der Waals surface area contributed by atoms with Gasteiger partial charge in [-0.1, -0.05) is 12.1 Å². The number of rotatable bonds is 9. The molecule has 1 aliphatic rings. The minimum absolute atomic E-state index is 0.00360. The number of carbonyl (C=O) groups is 2. The Kier molecular flexibility index (Phi) is 9.04. The van der Waals surface area contributed by atoms with Gasteiger partial charge in [-0.2, -0.15) is 4.31 Å². The molecule has 15 nitrogen and oxygen atoms in total. The number of likely N-dealkylation sites (N-methyl/N-ethyl adjacent to an activating group) is 1. The Morgan fingerprint density at radius 2 is 2.07 bits per heavy atom. The number of fused-ring (bicyclic) bond motifs is 1. The molecule has 2 amide bonds. The first-order valence-electron chi connectivity index (χ1n) is 13.0. The molecule has 2 N–H and O–H groups in total. The number of aliphatic hydroxyl groups excluding tert-OH is 1. The molecule has 0 unspecified atom stereocenters. The predicted octanol–water partition coefficient (Wildman–Crippen LogP) is 0.386. The van der Waals surface area contributed by atoms with Gasteiger partial charge in [0, 0.05) is 30.8 Å². The summed E-state index contributed by atoms with van der Waals surface area (Å²) in [6, 6.07) is 4.45. The standard InChI is InChI=1S/C25H34N8O7S/c1-15-10-33(16(2)13-34)24(36)9-19-8-20(27-23(35)12-32-14-26-29-30-32)6-7-21(19)39-22(15)11-31(5)41(37,38)25-17(3)28-40-18(25)4/h6-8,14-16,22,34H,9-13H2,1-5H3,(H,27,35)/t15-,16-,22-/m0/s1. The molecule has 3 heterocycles. The maximum atomic E-state index is 13.4. The lowest BCUT2D eigenvalue weighted by Gasteiger charge is -2.33. The van der Waals surface area contributed by atoms with E-state index in [0.717, 1.165) is 0 Å². The second-order valence-electron chi connectivity index (χ2n) is 10.2. The van der Waals surface area contributed by atoms with Crippen LogP contribution in [0, 0.1) is 19.8 Å². The predicted molar refractivity (Wildman–Crippen MR) is 144 cm³/mol. The lowest BCUT2D eigenvalue weighted by atomic mass is 10.0. The van der Waals surface area contributed by atoms with Crippen LogP contribution in [0.15, 0.2) is 33.9 Å². The fraction of sp³-hybridized carbons (Fsp3) is 0.520. The molecule has 0 spiro atoms. The average molecular weight is 591 g/mol. The molecule has 0 aliphatic carbocycles. The van der Waals surface area contributed by atoms with E-state index in [-0.39, 0.29) is 66.7 Å². The summed E-state index contributed by atoms with van der Waals surface area (Å²) in [7, 11) is -2.51. The molecule has 0 saturated carbocycles. The molecule has 4 rings (SSSR count). The summed E-state index contributed by atoms with van der Waals surface area (Å²) in [6.45, 7) is 6.55. The largest absolute Gasteiger partial charge is 0.488 e. The third kappa shape index (κ3) is 6.71. The van der Waals surface area contributed by atoms with Crippen molar-refractivity contribution in [2.45, 2.75) is 57.7 Å². The van der Waals surface area contributed by atoms with Crippen LogP contribution >= 0.6 is 0 Å². The number of aliphatic hydroxyl groups is 1. The summed E-state index contributed by atoms with van der Waals surface area (Å²) in [5.41, 5.74) is 1.19. The van der Waals surface area contributed by atoms with Crippen molar-refractivity contribution in [3.05, 3.63) is 41.5 Å². The van der Waals surface area contributed by atoms with Gasteiger partial charge in [-0.05, 0) is 49.4 Å². The third-order valence-corrected chi connectivity index (χ3v) is 9.04. The molecular formula is C25H34N8O7S. The first-order valence-corrected chi connectivity index (χ1v) is 14.4. The number of nitrogens with zero attached hydrogens (tertiary/aromatic N) is 7. The molecule has 3 aromatic rings.